The van der Waals surface area contributed by atoms with E-state index in [4.69, 9.17) is 0 Å². The van der Waals surface area contributed by atoms with Crippen molar-refractivity contribution in [2.45, 2.75) is 0 Å². The van der Waals surface area contributed by atoms with E-state index in [1.54, 1.807) is 12.1 Å². The van der Waals surface area contributed by atoms with Crippen molar-refractivity contribution >= 4 is 67.0 Å². The molecule has 32 heavy (non-hydrogen) atoms. The van der Waals surface area contributed by atoms with Gasteiger partial charge in [0.25, 0.3) is 0 Å². The topological polar surface area (TPSA) is 149 Å². The highest BCUT2D eigenvalue weighted by atomic mass is 16.4. The van der Waals surface area contributed by atoms with Crippen molar-refractivity contribution < 1.29 is 39.6 Å². The van der Waals surface area contributed by atoms with Gasteiger partial charge in [-0.2, -0.15) is 0 Å². The zero-order valence-corrected chi connectivity index (χ0v) is 16.0. The maximum atomic E-state index is 11.9. The van der Waals surface area contributed by atoms with Crippen LogP contribution in [0.5, 0.6) is 0 Å². The first-order valence-corrected chi connectivity index (χ1v) is 9.35. The third kappa shape index (κ3) is 2.43. The summed E-state index contributed by atoms with van der Waals surface area (Å²) >= 11 is 0. The van der Waals surface area contributed by atoms with E-state index in [-0.39, 0.29) is 33.0 Å². The molecule has 0 saturated heterocycles. The highest BCUT2D eigenvalue weighted by molar-refractivity contribution is 6.37. The van der Waals surface area contributed by atoms with Crippen LogP contribution in [-0.2, 0) is 0 Å². The molecule has 8 nitrogen and oxygen atoms in total. The molecule has 0 unspecified atom stereocenters. The van der Waals surface area contributed by atoms with Crippen LogP contribution in [0.4, 0.5) is 0 Å². The summed E-state index contributed by atoms with van der Waals surface area (Å²) in [4.78, 5) is 47.4. The second-order valence-electron chi connectivity index (χ2n) is 7.40. The Morgan fingerprint density at radius 3 is 1.38 bits per heavy atom. The van der Waals surface area contributed by atoms with Gasteiger partial charge < -0.3 is 20.4 Å². The average molecular weight is 428 g/mol. The molecule has 0 aliphatic rings. The number of benzene rings is 5. The van der Waals surface area contributed by atoms with Gasteiger partial charge in [0.05, 0.1) is 22.3 Å². The Morgan fingerprint density at radius 2 is 0.875 bits per heavy atom. The molecule has 0 aliphatic carbocycles. The minimum absolute atomic E-state index is 0.0295. The first kappa shape index (κ1) is 19.3. The van der Waals surface area contributed by atoms with Crippen LogP contribution in [0.25, 0.3) is 43.1 Å². The fourth-order valence-corrected chi connectivity index (χ4v) is 4.53. The van der Waals surface area contributed by atoms with Gasteiger partial charge in [-0.3, -0.25) is 0 Å². The van der Waals surface area contributed by atoms with Gasteiger partial charge in [-0.05, 0) is 68.0 Å². The normalized spacial score (nSPS) is 11.5. The number of aromatic carboxylic acids is 4. The molecule has 5 aromatic carbocycles. The van der Waals surface area contributed by atoms with Crippen molar-refractivity contribution in [1.82, 2.24) is 0 Å². The first-order chi connectivity index (χ1) is 15.2. The number of carbonyl (C=O) groups is 4. The van der Waals surface area contributed by atoms with Gasteiger partial charge in [-0.25, -0.2) is 19.2 Å². The summed E-state index contributed by atoms with van der Waals surface area (Å²) in [7, 11) is 0. The molecule has 156 valence electrons. The molecule has 0 spiro atoms. The quantitative estimate of drug-likeness (QED) is 0.241. The molecule has 0 atom stereocenters. The molecule has 0 bridgehead atoms. The van der Waals surface area contributed by atoms with Crippen molar-refractivity contribution in [1.29, 1.82) is 0 Å². The van der Waals surface area contributed by atoms with E-state index in [9.17, 15) is 39.6 Å². The largest absolute Gasteiger partial charge is 0.478 e. The lowest BCUT2D eigenvalue weighted by Gasteiger charge is -2.18. The summed E-state index contributed by atoms with van der Waals surface area (Å²) in [5, 5.41) is 41.7. The van der Waals surface area contributed by atoms with Gasteiger partial charge in [0.15, 0.2) is 0 Å². The lowest BCUT2D eigenvalue weighted by Crippen LogP contribution is -2.06. The Kier molecular flexibility index (Phi) is 3.84. The standard InChI is InChI=1S/C24H12O8/c25-21(26)9-7-16-12-3-6-15(24(31)32)20-14(23(29)30)5-2-11(19(12)20)10-1-4-13(22(27)28)17(8-9)18(10)16/h1-8H,(H,25,26)(H,27,28)(H,29,30)(H,31,32). The third-order valence-electron chi connectivity index (χ3n) is 5.79. The fraction of sp³-hybridized carbons (Fsp3) is 0. The van der Waals surface area contributed by atoms with Crippen LogP contribution in [-0.4, -0.2) is 44.3 Å². The van der Waals surface area contributed by atoms with Crippen LogP contribution in [0.15, 0.2) is 48.5 Å². The maximum absolute atomic E-state index is 11.9. The van der Waals surface area contributed by atoms with Crippen LogP contribution >= 0.6 is 0 Å². The number of rotatable bonds is 4. The maximum Gasteiger partial charge on any atom is 0.336 e. The minimum Gasteiger partial charge on any atom is -0.478 e. The van der Waals surface area contributed by atoms with Crippen molar-refractivity contribution in [3.63, 3.8) is 0 Å². The van der Waals surface area contributed by atoms with Gasteiger partial charge in [0.1, 0.15) is 0 Å². The summed E-state index contributed by atoms with van der Waals surface area (Å²) < 4.78 is 0. The molecular weight excluding hydrogens is 416 g/mol. The van der Waals surface area contributed by atoms with Gasteiger partial charge >= 0.3 is 23.9 Å². The predicted octanol–water partition coefficient (Wildman–Crippen LogP) is 4.53. The second kappa shape index (κ2) is 6.39. The Balaban J connectivity index is 2.17. The summed E-state index contributed by atoms with van der Waals surface area (Å²) in [5.41, 5.74) is -0.601. The summed E-state index contributed by atoms with van der Waals surface area (Å²) in [6.45, 7) is 0. The second-order valence-corrected chi connectivity index (χ2v) is 7.40. The van der Waals surface area contributed by atoms with Crippen LogP contribution in [0, 0.1) is 0 Å². The molecule has 5 aromatic rings. The lowest BCUT2D eigenvalue weighted by atomic mass is 9.85. The molecule has 0 aliphatic heterocycles. The molecule has 0 amide bonds. The van der Waals surface area contributed by atoms with E-state index in [1.807, 2.05) is 0 Å². The van der Waals surface area contributed by atoms with Gasteiger partial charge in [0.2, 0.25) is 0 Å². The zero-order valence-electron chi connectivity index (χ0n) is 16.0. The molecule has 4 N–H and O–H groups in total. The molecule has 0 heterocycles. The lowest BCUT2D eigenvalue weighted by molar-refractivity contribution is 0.0684. The molecule has 0 aromatic heterocycles. The number of hydrogen-bond acceptors (Lipinski definition) is 4. The molecule has 0 saturated carbocycles. The van der Waals surface area contributed by atoms with E-state index in [2.05, 4.69) is 0 Å². The van der Waals surface area contributed by atoms with Gasteiger partial charge in [-0.15, -0.1) is 0 Å². The summed E-state index contributed by atoms with van der Waals surface area (Å²) in [6, 6.07) is 11.3. The van der Waals surface area contributed by atoms with Crippen molar-refractivity contribution in [3.05, 3.63) is 70.8 Å². The zero-order chi connectivity index (χ0) is 22.9. The number of carboxylic acids is 4. The minimum atomic E-state index is -1.30. The SMILES string of the molecule is O=C(O)c1cc2c(C(=O)O)ccc3c4ccc(C(=O)O)c5c(C(=O)O)ccc(c(c1)c23)c54. The smallest absolute Gasteiger partial charge is 0.336 e. The number of carboxylic acid groups (broad SMARTS) is 4. The van der Waals surface area contributed by atoms with Gasteiger partial charge in [0, 0.05) is 5.39 Å². The predicted molar refractivity (Wildman–Crippen MR) is 115 cm³/mol. The summed E-state index contributed by atoms with van der Waals surface area (Å²) in [6.07, 6.45) is 0. The van der Waals surface area contributed by atoms with Gasteiger partial charge in [-0.1, -0.05) is 18.2 Å². The molecular formula is C24H12O8. The van der Waals surface area contributed by atoms with Crippen molar-refractivity contribution in [2.75, 3.05) is 0 Å². The Bertz CT molecular complexity index is 1660. The highest BCUT2D eigenvalue weighted by Gasteiger charge is 2.24. The average Bonchev–Trinajstić information content (AvgIpc) is 2.75. The van der Waals surface area contributed by atoms with Crippen molar-refractivity contribution in [2.24, 2.45) is 0 Å². The number of fused-ring (bicyclic) bond motifs is 2. The van der Waals surface area contributed by atoms with Crippen LogP contribution < -0.4 is 0 Å². The van der Waals surface area contributed by atoms with E-state index in [1.165, 1.54) is 36.4 Å². The van der Waals surface area contributed by atoms with E-state index >= 15 is 0 Å². The Morgan fingerprint density at radius 1 is 0.438 bits per heavy atom. The third-order valence-corrected chi connectivity index (χ3v) is 5.79. The highest BCUT2D eigenvalue weighted by Crippen LogP contribution is 2.43. The molecule has 8 heteroatoms. The number of hydrogen-bond donors (Lipinski definition) is 4. The Labute approximate surface area is 177 Å². The fourth-order valence-electron chi connectivity index (χ4n) is 4.53. The van der Waals surface area contributed by atoms with Crippen LogP contribution in [0.3, 0.4) is 0 Å². The Hall–Kier alpha value is -4.72. The van der Waals surface area contributed by atoms with E-state index < -0.39 is 23.9 Å². The first-order valence-electron chi connectivity index (χ1n) is 9.35. The van der Waals surface area contributed by atoms with E-state index in [0.29, 0.717) is 32.3 Å². The molecule has 0 radical (unpaired) electrons. The van der Waals surface area contributed by atoms with Crippen LogP contribution in [0.1, 0.15) is 41.4 Å². The van der Waals surface area contributed by atoms with E-state index in [0.717, 1.165) is 0 Å². The molecule has 0 fully saturated rings. The molecule has 5 rings (SSSR count). The summed E-state index contributed by atoms with van der Waals surface area (Å²) in [5.74, 6) is -5.07. The van der Waals surface area contributed by atoms with Crippen LogP contribution in [0.2, 0.25) is 0 Å². The monoisotopic (exact) mass is 428 g/mol. The van der Waals surface area contributed by atoms with Crippen molar-refractivity contribution in [3.8, 4) is 0 Å².